The molecule has 1 amide bonds. The molecule has 0 saturated heterocycles. The topological polar surface area (TPSA) is 130 Å². The summed E-state index contributed by atoms with van der Waals surface area (Å²) in [6, 6.07) is 10.9. The zero-order valence-electron chi connectivity index (χ0n) is 14.1. The summed E-state index contributed by atoms with van der Waals surface area (Å²) < 4.78 is 1.01. The smallest absolute Gasteiger partial charge is 0.311 e. The highest BCUT2D eigenvalue weighted by molar-refractivity contribution is 7.22. The van der Waals surface area contributed by atoms with Gasteiger partial charge in [0.05, 0.1) is 21.4 Å². The number of carbonyl (C=O) groups excluding carboxylic acids is 1. The first-order valence-corrected chi connectivity index (χ1v) is 8.68. The van der Waals surface area contributed by atoms with Crippen molar-refractivity contribution in [1.29, 1.82) is 0 Å². The fourth-order valence-electron chi connectivity index (χ4n) is 2.22. The second-order valence-electron chi connectivity index (χ2n) is 5.59. The minimum atomic E-state index is -0.699. The lowest BCUT2D eigenvalue weighted by Gasteiger charge is -2.10. The van der Waals surface area contributed by atoms with Crippen molar-refractivity contribution in [2.45, 2.75) is 13.0 Å². The molecule has 0 spiro atoms. The van der Waals surface area contributed by atoms with E-state index in [0.29, 0.717) is 10.7 Å². The number of amides is 1. The SMILES string of the molecule is C[C@H](Nc1nc2ccccc2s1)C(=O)N/N=C/c1ccc(O)c([N+](=O)[O-])c1. The van der Waals surface area contributed by atoms with Gasteiger partial charge < -0.3 is 10.4 Å². The van der Waals surface area contributed by atoms with E-state index in [1.54, 1.807) is 6.92 Å². The number of nitro benzene ring substituents is 1. The third-order valence-corrected chi connectivity index (χ3v) is 4.58. The Morgan fingerprint density at radius 2 is 2.15 bits per heavy atom. The van der Waals surface area contributed by atoms with Gasteiger partial charge in [-0.1, -0.05) is 23.5 Å². The van der Waals surface area contributed by atoms with Gasteiger partial charge in [0.25, 0.3) is 5.91 Å². The van der Waals surface area contributed by atoms with E-state index in [-0.39, 0.29) is 0 Å². The van der Waals surface area contributed by atoms with Gasteiger partial charge in [-0.25, -0.2) is 10.4 Å². The Hall–Kier alpha value is -3.53. The van der Waals surface area contributed by atoms with Crippen LogP contribution in [0.1, 0.15) is 12.5 Å². The van der Waals surface area contributed by atoms with Crippen molar-refractivity contribution in [2.24, 2.45) is 5.10 Å². The molecule has 1 heterocycles. The number of hydrogen-bond donors (Lipinski definition) is 3. The molecular weight excluding hydrogens is 370 g/mol. The van der Waals surface area contributed by atoms with Gasteiger partial charge in [0.15, 0.2) is 10.9 Å². The largest absolute Gasteiger partial charge is 0.502 e. The second kappa shape index (κ2) is 7.79. The van der Waals surface area contributed by atoms with Gasteiger partial charge in [0.2, 0.25) is 0 Å². The van der Waals surface area contributed by atoms with Crippen LogP contribution in [0.15, 0.2) is 47.6 Å². The number of phenolic OH excluding ortho intramolecular Hbond substituents is 1. The number of para-hydroxylation sites is 1. The summed E-state index contributed by atoms with van der Waals surface area (Å²) in [6.45, 7) is 1.67. The maximum atomic E-state index is 12.1. The van der Waals surface area contributed by atoms with Crippen LogP contribution in [0.5, 0.6) is 5.75 Å². The quantitative estimate of drug-likeness (QED) is 0.340. The Morgan fingerprint density at radius 1 is 1.37 bits per heavy atom. The fraction of sp³-hybridized carbons (Fsp3) is 0.118. The van der Waals surface area contributed by atoms with Crippen LogP contribution in [-0.4, -0.2) is 33.2 Å². The first-order valence-electron chi connectivity index (χ1n) is 7.86. The van der Waals surface area contributed by atoms with Gasteiger partial charge in [-0.2, -0.15) is 5.10 Å². The summed E-state index contributed by atoms with van der Waals surface area (Å²) in [4.78, 5) is 26.6. The summed E-state index contributed by atoms with van der Waals surface area (Å²) in [7, 11) is 0. The molecule has 0 aliphatic carbocycles. The molecule has 0 aliphatic heterocycles. The van der Waals surface area contributed by atoms with Crippen molar-refractivity contribution in [3.05, 3.63) is 58.1 Å². The fourth-order valence-corrected chi connectivity index (χ4v) is 3.17. The van der Waals surface area contributed by atoms with E-state index in [0.717, 1.165) is 16.3 Å². The number of phenols is 1. The molecule has 9 nitrogen and oxygen atoms in total. The molecule has 3 rings (SSSR count). The maximum Gasteiger partial charge on any atom is 0.311 e. The number of benzene rings is 2. The molecule has 27 heavy (non-hydrogen) atoms. The molecule has 0 unspecified atom stereocenters. The monoisotopic (exact) mass is 385 g/mol. The highest BCUT2D eigenvalue weighted by Crippen LogP contribution is 2.26. The third-order valence-electron chi connectivity index (χ3n) is 3.61. The van der Waals surface area contributed by atoms with E-state index in [9.17, 15) is 20.0 Å². The Morgan fingerprint density at radius 3 is 2.89 bits per heavy atom. The van der Waals surface area contributed by atoms with Gasteiger partial charge in [0, 0.05) is 11.6 Å². The molecule has 138 valence electrons. The molecule has 10 heteroatoms. The molecular formula is C17H15N5O4S. The van der Waals surface area contributed by atoms with Crippen LogP contribution in [0.2, 0.25) is 0 Å². The highest BCUT2D eigenvalue weighted by atomic mass is 32.1. The normalized spacial score (nSPS) is 12.2. The van der Waals surface area contributed by atoms with Crippen LogP contribution >= 0.6 is 11.3 Å². The van der Waals surface area contributed by atoms with Gasteiger partial charge in [-0.05, 0) is 31.2 Å². The van der Waals surface area contributed by atoms with E-state index in [1.165, 1.54) is 29.7 Å². The number of aromatic hydroxyl groups is 1. The lowest BCUT2D eigenvalue weighted by molar-refractivity contribution is -0.385. The number of rotatable bonds is 6. The van der Waals surface area contributed by atoms with Crippen LogP contribution < -0.4 is 10.7 Å². The van der Waals surface area contributed by atoms with Crippen molar-refractivity contribution in [3.8, 4) is 5.75 Å². The molecule has 1 atom stereocenters. The summed E-state index contributed by atoms with van der Waals surface area (Å²) in [5.41, 5.74) is 3.15. The number of thiazole rings is 1. The third kappa shape index (κ3) is 4.36. The maximum absolute atomic E-state index is 12.1. The van der Waals surface area contributed by atoms with E-state index in [1.807, 2.05) is 24.3 Å². The van der Waals surface area contributed by atoms with Gasteiger partial charge >= 0.3 is 5.69 Å². The van der Waals surface area contributed by atoms with Gasteiger partial charge in [-0.15, -0.1) is 0 Å². The van der Waals surface area contributed by atoms with E-state index in [2.05, 4.69) is 20.8 Å². The number of nitrogens with zero attached hydrogens (tertiary/aromatic N) is 3. The van der Waals surface area contributed by atoms with Crippen molar-refractivity contribution >= 4 is 44.5 Å². The molecule has 0 saturated carbocycles. The number of aromatic nitrogens is 1. The second-order valence-corrected chi connectivity index (χ2v) is 6.62. The molecule has 3 N–H and O–H groups in total. The predicted molar refractivity (Wildman–Crippen MR) is 103 cm³/mol. The highest BCUT2D eigenvalue weighted by Gasteiger charge is 2.15. The zero-order chi connectivity index (χ0) is 19.4. The Bertz CT molecular complexity index is 1000. The van der Waals surface area contributed by atoms with Crippen molar-refractivity contribution in [1.82, 2.24) is 10.4 Å². The first-order chi connectivity index (χ1) is 12.9. The van der Waals surface area contributed by atoms with Crippen LogP contribution in [0, 0.1) is 10.1 Å². The van der Waals surface area contributed by atoms with Crippen LogP contribution in [0.4, 0.5) is 10.8 Å². The molecule has 1 aromatic heterocycles. The summed E-state index contributed by atoms with van der Waals surface area (Å²) >= 11 is 1.44. The predicted octanol–water partition coefficient (Wildman–Crippen LogP) is 2.86. The number of nitro groups is 1. The minimum absolute atomic E-state index is 0.367. The summed E-state index contributed by atoms with van der Waals surface area (Å²) in [5.74, 6) is -0.825. The van der Waals surface area contributed by atoms with Crippen molar-refractivity contribution < 1.29 is 14.8 Å². The number of nitrogens with one attached hydrogen (secondary N) is 2. The molecule has 0 bridgehead atoms. The number of anilines is 1. The zero-order valence-corrected chi connectivity index (χ0v) is 14.9. The molecule has 2 aromatic carbocycles. The van der Waals surface area contributed by atoms with Crippen LogP contribution in [0.3, 0.4) is 0 Å². The average molecular weight is 385 g/mol. The Balaban J connectivity index is 1.60. The molecule has 3 aromatic rings. The minimum Gasteiger partial charge on any atom is -0.502 e. The lowest BCUT2D eigenvalue weighted by atomic mass is 10.2. The number of hydrogen-bond acceptors (Lipinski definition) is 8. The van der Waals surface area contributed by atoms with Crippen molar-refractivity contribution in [2.75, 3.05) is 5.32 Å². The number of fused-ring (bicyclic) bond motifs is 1. The lowest BCUT2D eigenvalue weighted by Crippen LogP contribution is -2.34. The van der Waals surface area contributed by atoms with E-state index < -0.39 is 28.3 Å². The number of hydrazone groups is 1. The Kier molecular flexibility index (Phi) is 5.27. The van der Waals surface area contributed by atoms with Crippen LogP contribution in [-0.2, 0) is 4.79 Å². The standard InChI is InChI=1S/C17H15N5O4S/c1-10(19-17-20-12-4-2-3-5-15(12)27-17)16(24)21-18-9-11-6-7-14(23)13(8-11)22(25)26/h2-10,23H,1H3,(H,19,20)(H,21,24)/b18-9+/t10-/m0/s1. The van der Waals surface area contributed by atoms with E-state index in [4.69, 9.17) is 0 Å². The summed E-state index contributed by atoms with van der Waals surface area (Å²) in [5, 5.41) is 27.6. The van der Waals surface area contributed by atoms with E-state index >= 15 is 0 Å². The van der Waals surface area contributed by atoms with Crippen LogP contribution in [0.25, 0.3) is 10.2 Å². The van der Waals surface area contributed by atoms with Gasteiger partial charge in [-0.3, -0.25) is 14.9 Å². The molecule has 0 fully saturated rings. The average Bonchev–Trinajstić information content (AvgIpc) is 3.04. The van der Waals surface area contributed by atoms with Gasteiger partial charge in [0.1, 0.15) is 6.04 Å². The Labute approximate surface area is 157 Å². The van der Waals surface area contributed by atoms with Crippen molar-refractivity contribution in [3.63, 3.8) is 0 Å². The summed E-state index contributed by atoms with van der Waals surface area (Å²) in [6.07, 6.45) is 1.26. The molecule has 0 aliphatic rings. The number of carbonyl (C=O) groups is 1. The molecule has 0 radical (unpaired) electrons. The first kappa shape index (κ1) is 18.3.